The van der Waals surface area contributed by atoms with E-state index in [1.807, 2.05) is 0 Å². The Bertz CT molecular complexity index is 933. The quantitative estimate of drug-likeness (QED) is 0.291. The van der Waals surface area contributed by atoms with Crippen molar-refractivity contribution < 1.29 is 79.7 Å². The van der Waals surface area contributed by atoms with Crippen LogP contribution >= 0.6 is 11.6 Å². The van der Waals surface area contributed by atoms with Crippen LogP contribution in [0, 0.1) is 0 Å². The van der Waals surface area contributed by atoms with Crippen molar-refractivity contribution >= 4 is 11.6 Å². The lowest BCUT2D eigenvalue weighted by Gasteiger charge is -2.43. The lowest BCUT2D eigenvalue weighted by Crippen LogP contribution is -2.74. The van der Waals surface area contributed by atoms with E-state index in [0.29, 0.717) is 12.1 Å². The second-order valence-corrected chi connectivity index (χ2v) is 8.04. The second-order valence-electron chi connectivity index (χ2n) is 7.61. The average molecular weight is 589 g/mol. The summed E-state index contributed by atoms with van der Waals surface area (Å²) < 4.78 is 226. The number of benzene rings is 1. The highest BCUT2D eigenvalue weighted by atomic mass is 35.5. The van der Waals surface area contributed by atoms with E-state index < -0.39 is 65.2 Å². The summed E-state index contributed by atoms with van der Waals surface area (Å²) in [6.07, 6.45) is -10.8. The maximum atomic E-state index is 14.1. The maximum Gasteiger partial charge on any atom is 0.460 e. The van der Waals surface area contributed by atoms with Gasteiger partial charge in [0.2, 0.25) is 0 Å². The zero-order valence-electron chi connectivity index (χ0n) is 16.8. The van der Waals surface area contributed by atoms with Gasteiger partial charge in [-0.2, -0.15) is 74.6 Å². The second kappa shape index (κ2) is 8.66. The van der Waals surface area contributed by atoms with E-state index in [0.717, 1.165) is 12.1 Å². The monoisotopic (exact) mass is 588 g/mol. The van der Waals surface area contributed by atoms with Gasteiger partial charge < -0.3 is 5.11 Å². The van der Waals surface area contributed by atoms with Crippen molar-refractivity contribution in [2.24, 2.45) is 0 Å². The number of rotatable bonds is 9. The van der Waals surface area contributed by atoms with Crippen molar-refractivity contribution in [2.45, 2.75) is 66.6 Å². The Hall–Kier alpha value is -1.72. The van der Waals surface area contributed by atoms with Crippen molar-refractivity contribution in [1.29, 1.82) is 0 Å². The van der Waals surface area contributed by atoms with Crippen LogP contribution in [0.15, 0.2) is 24.3 Å². The van der Waals surface area contributed by atoms with Gasteiger partial charge in [0.15, 0.2) is 0 Å². The molecule has 0 aromatic heterocycles. The van der Waals surface area contributed by atoms with E-state index in [1.165, 1.54) is 0 Å². The molecule has 0 fully saturated rings. The van der Waals surface area contributed by atoms with E-state index in [-0.39, 0.29) is 11.9 Å². The molecule has 1 aromatic rings. The van der Waals surface area contributed by atoms with Crippen molar-refractivity contribution in [3.63, 3.8) is 0 Å². The molecule has 1 N–H and O–H groups in total. The molecule has 1 rings (SSSR count). The first kappa shape index (κ1) is 32.3. The van der Waals surface area contributed by atoms with Crippen molar-refractivity contribution in [3.05, 3.63) is 34.9 Å². The van der Waals surface area contributed by atoms with Crippen LogP contribution in [0.5, 0.6) is 0 Å². The van der Waals surface area contributed by atoms with E-state index >= 15 is 0 Å². The van der Waals surface area contributed by atoms with Gasteiger partial charge in [0.1, 0.15) is 0 Å². The Balaban J connectivity index is 3.60. The summed E-state index contributed by atoms with van der Waals surface area (Å²) in [5.41, 5.74) is -4.18. The highest BCUT2D eigenvalue weighted by Gasteiger charge is 2.95. The van der Waals surface area contributed by atoms with Gasteiger partial charge in [0.25, 0.3) is 0 Å². The summed E-state index contributed by atoms with van der Waals surface area (Å²) in [6, 6.07) is 2.93. The van der Waals surface area contributed by atoms with Crippen LogP contribution in [0.2, 0.25) is 5.02 Å². The Morgan fingerprint density at radius 1 is 0.556 bits per heavy atom. The number of alkyl halides is 17. The molecule has 0 saturated carbocycles. The lowest BCUT2D eigenvalue weighted by atomic mass is 9.83. The largest absolute Gasteiger partial charge is 0.460 e. The van der Waals surface area contributed by atoms with Crippen LogP contribution in [0.1, 0.15) is 18.9 Å². The zero-order valence-corrected chi connectivity index (χ0v) is 17.5. The number of hydrogen-bond donors (Lipinski definition) is 1. The fourth-order valence-corrected chi connectivity index (χ4v) is 2.78. The summed E-state index contributed by atoms with van der Waals surface area (Å²) in [6.45, 7) is 0.211. The lowest BCUT2D eigenvalue weighted by molar-refractivity contribution is -0.462. The molecule has 1 nitrogen and oxygen atoms in total. The van der Waals surface area contributed by atoms with Crippen LogP contribution in [0.25, 0.3) is 0 Å². The summed E-state index contributed by atoms with van der Waals surface area (Å²) in [5, 5.41) is 9.79. The first-order valence-corrected chi connectivity index (χ1v) is 9.03. The van der Waals surface area contributed by atoms with Gasteiger partial charge in [-0.05, 0) is 24.6 Å². The van der Waals surface area contributed by atoms with E-state index in [2.05, 4.69) is 0 Å². The molecular weight excluding hydrogens is 579 g/mol. The van der Waals surface area contributed by atoms with Gasteiger partial charge in [-0.25, -0.2) is 0 Å². The molecule has 0 amide bonds. The standard InChI is InChI=1S/C17H10ClF17O/c1-9(36,7-2-4-8(18)5-3-7)6-10(19,20)11(21,22)12(23,24)13(25,26)14(27,28)15(29,30)16(31,32)17(33,34)35/h2-5,36H,6H2,1H3. The minimum Gasteiger partial charge on any atom is -0.385 e. The van der Waals surface area contributed by atoms with Gasteiger partial charge in [0, 0.05) is 5.02 Å². The van der Waals surface area contributed by atoms with Gasteiger partial charge in [-0.3, -0.25) is 0 Å². The molecule has 1 unspecified atom stereocenters. The van der Waals surface area contributed by atoms with Crippen LogP contribution in [0.3, 0.4) is 0 Å². The predicted molar refractivity (Wildman–Crippen MR) is 86.3 cm³/mol. The van der Waals surface area contributed by atoms with Crippen LogP contribution < -0.4 is 0 Å². The molecule has 0 radical (unpaired) electrons. The first-order chi connectivity index (χ1) is 15.5. The summed E-state index contributed by atoms with van der Waals surface area (Å²) in [4.78, 5) is 0. The molecule has 0 aliphatic rings. The van der Waals surface area contributed by atoms with E-state index in [4.69, 9.17) is 11.6 Å². The number of hydrogen-bond acceptors (Lipinski definition) is 1. The Kier molecular flexibility index (Phi) is 7.77. The van der Waals surface area contributed by atoms with Gasteiger partial charge in [0.05, 0.1) is 12.0 Å². The van der Waals surface area contributed by atoms with Crippen LogP contribution in [0.4, 0.5) is 74.6 Å². The summed E-state index contributed by atoms with van der Waals surface area (Å²) in [7, 11) is 0. The Labute approximate surface area is 193 Å². The fourth-order valence-electron chi connectivity index (χ4n) is 2.65. The van der Waals surface area contributed by atoms with Crippen molar-refractivity contribution in [1.82, 2.24) is 0 Å². The third-order valence-corrected chi connectivity index (χ3v) is 5.07. The average Bonchev–Trinajstić information content (AvgIpc) is 2.65. The molecule has 0 aliphatic carbocycles. The predicted octanol–water partition coefficient (Wildman–Crippen LogP) is 7.95. The number of aliphatic hydroxyl groups is 1. The molecule has 1 atom stereocenters. The van der Waals surface area contributed by atoms with Crippen LogP contribution in [-0.4, -0.2) is 52.7 Å². The Morgan fingerprint density at radius 2 is 0.861 bits per heavy atom. The minimum atomic E-state index is -8.69. The first-order valence-electron chi connectivity index (χ1n) is 8.65. The third kappa shape index (κ3) is 4.55. The van der Waals surface area contributed by atoms with Gasteiger partial charge in [-0.1, -0.05) is 23.7 Å². The zero-order chi connectivity index (χ0) is 29.2. The molecule has 0 spiro atoms. The fraction of sp³-hybridized carbons (Fsp3) is 0.647. The molecule has 0 bridgehead atoms. The normalized spacial score (nSPS) is 17.2. The molecule has 210 valence electrons. The number of halogens is 18. The summed E-state index contributed by atoms with van der Waals surface area (Å²) in [5.74, 6) is -57.1. The van der Waals surface area contributed by atoms with Gasteiger partial charge >= 0.3 is 47.6 Å². The molecular formula is C17H10ClF17O. The van der Waals surface area contributed by atoms with E-state index in [1.54, 1.807) is 0 Å². The van der Waals surface area contributed by atoms with Crippen molar-refractivity contribution in [2.75, 3.05) is 0 Å². The van der Waals surface area contributed by atoms with Crippen molar-refractivity contribution in [3.8, 4) is 0 Å². The topological polar surface area (TPSA) is 20.2 Å². The molecule has 0 aliphatic heterocycles. The van der Waals surface area contributed by atoms with E-state index in [9.17, 15) is 79.7 Å². The minimum absolute atomic E-state index is 0.156. The SMILES string of the molecule is CC(O)(CC(F)(F)C(F)(F)C(F)(F)C(F)(F)C(F)(F)C(F)(F)C(F)(F)C(F)(F)F)c1ccc(Cl)cc1. The molecule has 1 aromatic carbocycles. The third-order valence-electron chi connectivity index (χ3n) is 4.82. The van der Waals surface area contributed by atoms with Crippen LogP contribution in [-0.2, 0) is 5.60 Å². The smallest absolute Gasteiger partial charge is 0.385 e. The highest BCUT2D eigenvalue weighted by Crippen LogP contribution is 2.64. The molecule has 0 saturated heterocycles. The van der Waals surface area contributed by atoms with Gasteiger partial charge in [-0.15, -0.1) is 0 Å². The highest BCUT2D eigenvalue weighted by molar-refractivity contribution is 6.30. The Morgan fingerprint density at radius 3 is 1.19 bits per heavy atom. The molecule has 19 heteroatoms. The molecule has 0 heterocycles. The maximum absolute atomic E-state index is 14.1. The molecule has 36 heavy (non-hydrogen) atoms. The summed E-state index contributed by atoms with van der Waals surface area (Å²) >= 11 is 5.43.